The minimum absolute atomic E-state index is 0.337. The average Bonchev–Trinajstić information content (AvgIpc) is 3.44. The molecule has 1 fully saturated rings. The molecule has 3 aromatic heterocycles. The number of piperidine rings is 1. The Hall–Kier alpha value is -3.12. The van der Waals surface area contributed by atoms with Gasteiger partial charge in [0.15, 0.2) is 5.82 Å². The molecule has 0 amide bonds. The van der Waals surface area contributed by atoms with Crippen LogP contribution in [0.4, 0.5) is 4.79 Å². The second kappa shape index (κ2) is 9.57. The van der Waals surface area contributed by atoms with Crippen LogP contribution in [0.3, 0.4) is 0 Å². The number of hydrogen-bond donors (Lipinski definition) is 0. The van der Waals surface area contributed by atoms with Crippen molar-refractivity contribution in [2.75, 3.05) is 13.1 Å². The van der Waals surface area contributed by atoms with Crippen LogP contribution in [0.15, 0.2) is 30.0 Å². The molecule has 170 valence electrons. The highest BCUT2D eigenvalue weighted by Gasteiger charge is 2.27. The summed E-state index contributed by atoms with van der Waals surface area (Å²) in [5.41, 5.74) is 0.309. The molecule has 3 aromatic rings. The number of nitrogens with zero attached hydrogens (tertiary/aromatic N) is 7. The minimum atomic E-state index is -0.662. The summed E-state index contributed by atoms with van der Waals surface area (Å²) >= 11 is 1.63. The molecule has 0 bridgehead atoms. The Morgan fingerprint density at radius 3 is 2.72 bits per heavy atom. The Morgan fingerprint density at radius 1 is 1.25 bits per heavy atom. The van der Waals surface area contributed by atoms with Crippen LogP contribution in [-0.4, -0.2) is 60.1 Å². The van der Waals surface area contributed by atoms with Crippen LogP contribution in [0.2, 0.25) is 0 Å². The topological polar surface area (TPSA) is 117 Å². The van der Waals surface area contributed by atoms with E-state index in [1.54, 1.807) is 28.7 Å². The number of aromatic nitrogens is 6. The fourth-order valence-electron chi connectivity index (χ4n) is 3.16. The van der Waals surface area contributed by atoms with Crippen molar-refractivity contribution in [3.63, 3.8) is 0 Å². The van der Waals surface area contributed by atoms with Gasteiger partial charge >= 0.3 is 6.16 Å². The van der Waals surface area contributed by atoms with E-state index >= 15 is 0 Å². The van der Waals surface area contributed by atoms with Crippen molar-refractivity contribution in [1.29, 1.82) is 0 Å². The van der Waals surface area contributed by atoms with E-state index in [1.165, 1.54) is 11.0 Å². The third kappa shape index (κ3) is 5.98. The molecule has 4 heterocycles. The van der Waals surface area contributed by atoms with E-state index in [-0.39, 0.29) is 0 Å². The fourth-order valence-corrected chi connectivity index (χ4v) is 4.14. The van der Waals surface area contributed by atoms with Gasteiger partial charge in [0.1, 0.15) is 24.3 Å². The molecule has 1 aliphatic rings. The first-order valence-electron chi connectivity index (χ1n) is 10.3. The van der Waals surface area contributed by atoms with Crippen LogP contribution in [0.5, 0.6) is 5.75 Å². The molecule has 0 N–H and O–H groups in total. The number of thiazole rings is 1. The smallest absolute Gasteiger partial charge is 0.486 e. The summed E-state index contributed by atoms with van der Waals surface area (Å²) < 4.78 is 12.5. The zero-order chi connectivity index (χ0) is 22.6. The molecule has 0 atom stereocenters. The van der Waals surface area contributed by atoms with E-state index in [1.807, 2.05) is 32.2 Å². The predicted molar refractivity (Wildman–Crippen MR) is 114 cm³/mol. The van der Waals surface area contributed by atoms with Gasteiger partial charge < -0.3 is 14.3 Å². The monoisotopic (exact) mass is 459 g/mol. The Morgan fingerprint density at radius 2 is 2.06 bits per heavy atom. The van der Waals surface area contributed by atoms with Crippen LogP contribution < -0.4 is 4.74 Å². The Balaban J connectivity index is 1.23. The Kier molecular flexibility index (Phi) is 6.61. The number of ether oxygens (including phenoxy) is 2. The summed E-state index contributed by atoms with van der Waals surface area (Å²) in [7, 11) is 0. The lowest BCUT2D eigenvalue weighted by Crippen LogP contribution is -2.37. The summed E-state index contributed by atoms with van der Waals surface area (Å²) in [5.74, 6) is 1.59. The molecule has 0 radical (unpaired) electrons. The molecule has 12 heteroatoms. The van der Waals surface area contributed by atoms with Crippen molar-refractivity contribution in [2.45, 2.75) is 51.7 Å². The van der Waals surface area contributed by atoms with Gasteiger partial charge in [-0.15, -0.1) is 21.5 Å². The van der Waals surface area contributed by atoms with Crippen LogP contribution in [-0.2, 0) is 16.2 Å². The van der Waals surface area contributed by atoms with Gasteiger partial charge in [0.05, 0.1) is 16.9 Å². The summed E-state index contributed by atoms with van der Waals surface area (Å²) in [4.78, 5) is 26.1. The van der Waals surface area contributed by atoms with Gasteiger partial charge in [-0.05, 0) is 56.2 Å². The van der Waals surface area contributed by atoms with Crippen molar-refractivity contribution in [3.05, 3.63) is 40.7 Å². The summed E-state index contributed by atoms with van der Waals surface area (Å²) in [5, 5.41) is 15.7. The van der Waals surface area contributed by atoms with Gasteiger partial charge in [0, 0.05) is 24.4 Å². The third-order valence-electron chi connectivity index (χ3n) is 4.66. The minimum Gasteiger partial charge on any atom is -0.486 e. The zero-order valence-corrected chi connectivity index (χ0v) is 19.0. The zero-order valence-electron chi connectivity index (χ0n) is 18.2. The van der Waals surface area contributed by atoms with Crippen molar-refractivity contribution < 1.29 is 19.1 Å². The highest BCUT2D eigenvalue weighted by Crippen LogP contribution is 2.31. The maximum Gasteiger partial charge on any atom is 0.528 e. The Labute approximate surface area is 189 Å². The molecule has 4 rings (SSSR count). The number of pyridine rings is 1. The molecule has 0 saturated carbocycles. The number of hydroxylamine groups is 2. The summed E-state index contributed by atoms with van der Waals surface area (Å²) in [6.07, 6.45) is 4.17. The maximum atomic E-state index is 11.8. The summed E-state index contributed by atoms with van der Waals surface area (Å²) in [6, 6.07) is 3.60. The van der Waals surface area contributed by atoms with Crippen molar-refractivity contribution in [2.24, 2.45) is 0 Å². The summed E-state index contributed by atoms with van der Waals surface area (Å²) in [6.45, 7) is 7.10. The lowest BCUT2D eigenvalue weighted by molar-refractivity contribution is -0.152. The van der Waals surface area contributed by atoms with Gasteiger partial charge in [0.2, 0.25) is 0 Å². The first kappa shape index (κ1) is 22.1. The van der Waals surface area contributed by atoms with Crippen LogP contribution in [0.25, 0.3) is 5.82 Å². The van der Waals surface area contributed by atoms with Crippen LogP contribution >= 0.6 is 11.3 Å². The van der Waals surface area contributed by atoms with E-state index in [0.717, 1.165) is 23.5 Å². The lowest BCUT2D eigenvalue weighted by Gasteiger charge is -2.30. The van der Waals surface area contributed by atoms with E-state index in [4.69, 9.17) is 19.3 Å². The molecular weight excluding hydrogens is 434 g/mol. The van der Waals surface area contributed by atoms with Crippen LogP contribution in [0.1, 0.15) is 50.2 Å². The molecule has 11 nitrogen and oxygen atoms in total. The number of rotatable bonds is 6. The number of hydrogen-bond acceptors (Lipinski definition) is 11. The Bertz CT molecular complexity index is 1010. The maximum absolute atomic E-state index is 11.8. The SMILES string of the molecule is CC(C)(C)OC(=O)ON1CCC(c2nc(COc3ccc(-n4cnnn4)nc3)cs2)CC1. The molecule has 0 aliphatic carbocycles. The van der Waals surface area contributed by atoms with Crippen molar-refractivity contribution in [3.8, 4) is 11.6 Å². The second-order valence-electron chi connectivity index (χ2n) is 8.33. The number of carbonyl (C=O) groups excluding carboxylic acids is 1. The van der Waals surface area contributed by atoms with Gasteiger partial charge in [0.25, 0.3) is 0 Å². The fraction of sp³-hybridized carbons (Fsp3) is 0.500. The molecule has 1 aliphatic heterocycles. The highest BCUT2D eigenvalue weighted by molar-refractivity contribution is 7.09. The first-order valence-corrected chi connectivity index (χ1v) is 11.2. The molecule has 0 spiro atoms. The van der Waals surface area contributed by atoms with E-state index in [9.17, 15) is 4.79 Å². The number of carbonyl (C=O) groups is 1. The molecular formula is C20H25N7O4S. The van der Waals surface area contributed by atoms with Gasteiger partial charge in [-0.1, -0.05) is 0 Å². The van der Waals surface area contributed by atoms with Gasteiger partial charge in [-0.3, -0.25) is 0 Å². The van der Waals surface area contributed by atoms with Crippen molar-refractivity contribution >= 4 is 17.5 Å². The largest absolute Gasteiger partial charge is 0.528 e. The standard InChI is InChI=1S/C20H25N7O4S/c1-20(2,3)30-19(28)31-26-8-6-14(7-9-26)18-23-15(12-32-18)11-29-16-4-5-17(21-10-16)27-13-22-24-25-27/h4-5,10,12-14H,6-9,11H2,1-3H3. The van der Waals surface area contributed by atoms with Crippen molar-refractivity contribution in [1.82, 2.24) is 35.2 Å². The molecule has 32 heavy (non-hydrogen) atoms. The number of tetrazole rings is 1. The molecule has 0 unspecified atom stereocenters. The quantitative estimate of drug-likeness (QED) is 0.509. The van der Waals surface area contributed by atoms with E-state index in [0.29, 0.717) is 37.2 Å². The lowest BCUT2D eigenvalue weighted by atomic mass is 9.99. The predicted octanol–water partition coefficient (Wildman–Crippen LogP) is 3.14. The third-order valence-corrected chi connectivity index (χ3v) is 5.71. The first-order chi connectivity index (χ1) is 15.4. The molecule has 1 saturated heterocycles. The van der Waals surface area contributed by atoms with E-state index in [2.05, 4.69) is 20.5 Å². The average molecular weight is 460 g/mol. The highest BCUT2D eigenvalue weighted by atomic mass is 32.1. The van der Waals surface area contributed by atoms with E-state index < -0.39 is 11.8 Å². The normalized spacial score (nSPS) is 15.5. The van der Waals surface area contributed by atoms with Gasteiger partial charge in [-0.2, -0.15) is 4.68 Å². The molecule has 0 aromatic carbocycles. The van der Waals surface area contributed by atoms with Gasteiger partial charge in [-0.25, -0.2) is 14.8 Å². The van der Waals surface area contributed by atoms with Crippen LogP contribution in [0, 0.1) is 0 Å². The second-order valence-corrected chi connectivity index (χ2v) is 9.22.